The van der Waals surface area contributed by atoms with Crippen LogP contribution in [0, 0.1) is 5.41 Å². The van der Waals surface area contributed by atoms with Crippen LogP contribution in [0.2, 0.25) is 0 Å². The van der Waals surface area contributed by atoms with Crippen molar-refractivity contribution in [1.29, 1.82) is 0 Å². The molecular weight excluding hydrogens is 214 g/mol. The molecule has 0 unspecified atom stereocenters. The molecule has 2 rings (SSSR count). The van der Waals surface area contributed by atoms with Gasteiger partial charge in [0.2, 0.25) is 0 Å². The van der Waals surface area contributed by atoms with Gasteiger partial charge in [0.25, 0.3) is 0 Å². The molecule has 0 bridgehead atoms. The summed E-state index contributed by atoms with van der Waals surface area (Å²) < 4.78 is 7.26. The zero-order valence-corrected chi connectivity index (χ0v) is 10.9. The maximum absolute atomic E-state index is 5.40. The monoisotopic (exact) mass is 237 g/mol. The molecule has 96 valence electrons. The third kappa shape index (κ3) is 3.82. The van der Waals surface area contributed by atoms with E-state index in [1.807, 2.05) is 17.9 Å². The van der Waals surface area contributed by atoms with E-state index in [1.165, 1.54) is 18.4 Å². The van der Waals surface area contributed by atoms with Crippen molar-refractivity contribution in [2.45, 2.75) is 26.2 Å². The Kier molecular flexibility index (Phi) is 4.18. The molecule has 0 spiro atoms. The molecule has 0 atom stereocenters. The van der Waals surface area contributed by atoms with Crippen molar-refractivity contribution in [1.82, 2.24) is 15.1 Å². The first-order chi connectivity index (χ1) is 8.18. The summed E-state index contributed by atoms with van der Waals surface area (Å²) in [4.78, 5) is 0. The number of aryl methyl sites for hydroxylation is 1. The molecule has 1 aliphatic heterocycles. The van der Waals surface area contributed by atoms with E-state index in [4.69, 9.17) is 4.74 Å². The van der Waals surface area contributed by atoms with E-state index in [2.05, 4.69) is 23.5 Å². The Morgan fingerprint density at radius 2 is 2.24 bits per heavy atom. The molecular formula is C13H23N3O. The molecule has 0 radical (unpaired) electrons. The van der Waals surface area contributed by atoms with Crippen LogP contribution in [-0.4, -0.2) is 36.1 Å². The van der Waals surface area contributed by atoms with Gasteiger partial charge in [0, 0.05) is 33.0 Å². The fraction of sp³-hybridized carbons (Fsp3) is 0.769. The minimum atomic E-state index is 0.424. The smallest absolute Gasteiger partial charge is 0.0522 e. The number of hydrogen-bond acceptors (Lipinski definition) is 3. The van der Waals surface area contributed by atoms with E-state index in [-0.39, 0.29) is 0 Å². The minimum Gasteiger partial charge on any atom is -0.381 e. The summed E-state index contributed by atoms with van der Waals surface area (Å²) in [7, 11) is 1.96. The van der Waals surface area contributed by atoms with Crippen LogP contribution in [0.15, 0.2) is 12.4 Å². The van der Waals surface area contributed by atoms with E-state index in [0.717, 1.165) is 32.7 Å². The van der Waals surface area contributed by atoms with Gasteiger partial charge in [-0.3, -0.25) is 4.68 Å². The first-order valence-electron chi connectivity index (χ1n) is 6.44. The topological polar surface area (TPSA) is 39.1 Å². The third-order valence-electron chi connectivity index (χ3n) is 3.60. The van der Waals surface area contributed by atoms with Gasteiger partial charge >= 0.3 is 0 Å². The highest BCUT2D eigenvalue weighted by molar-refractivity contribution is 5.03. The van der Waals surface area contributed by atoms with E-state index < -0.39 is 0 Å². The molecule has 1 fully saturated rings. The van der Waals surface area contributed by atoms with Gasteiger partial charge in [-0.15, -0.1) is 0 Å². The van der Waals surface area contributed by atoms with Crippen LogP contribution in [0.3, 0.4) is 0 Å². The maximum Gasteiger partial charge on any atom is 0.0522 e. The van der Waals surface area contributed by atoms with Crippen LogP contribution in [0.4, 0.5) is 0 Å². The number of nitrogens with one attached hydrogen (secondary N) is 1. The van der Waals surface area contributed by atoms with E-state index in [0.29, 0.717) is 5.41 Å². The lowest BCUT2D eigenvalue weighted by atomic mass is 9.82. The van der Waals surface area contributed by atoms with Gasteiger partial charge in [0.1, 0.15) is 0 Å². The van der Waals surface area contributed by atoms with Gasteiger partial charge in [-0.25, -0.2) is 0 Å². The van der Waals surface area contributed by atoms with Crippen molar-refractivity contribution >= 4 is 0 Å². The van der Waals surface area contributed by atoms with Crippen molar-refractivity contribution in [3.63, 3.8) is 0 Å². The van der Waals surface area contributed by atoms with Crippen LogP contribution in [0.25, 0.3) is 0 Å². The second-order valence-corrected chi connectivity index (χ2v) is 5.37. The van der Waals surface area contributed by atoms with Crippen molar-refractivity contribution < 1.29 is 4.74 Å². The van der Waals surface area contributed by atoms with Crippen LogP contribution >= 0.6 is 0 Å². The van der Waals surface area contributed by atoms with Gasteiger partial charge < -0.3 is 10.1 Å². The van der Waals surface area contributed by atoms with E-state index >= 15 is 0 Å². The SMILES string of the molecule is Cn1cc(CCNCC2(C)CCOCC2)cn1. The molecule has 2 heterocycles. The summed E-state index contributed by atoms with van der Waals surface area (Å²) >= 11 is 0. The Labute approximate surface area is 103 Å². The molecule has 17 heavy (non-hydrogen) atoms. The highest BCUT2D eigenvalue weighted by Crippen LogP contribution is 2.28. The summed E-state index contributed by atoms with van der Waals surface area (Å²) in [5.74, 6) is 0. The van der Waals surface area contributed by atoms with Gasteiger partial charge in [0.15, 0.2) is 0 Å². The molecule has 0 aliphatic carbocycles. The van der Waals surface area contributed by atoms with Crippen molar-refractivity contribution in [3.05, 3.63) is 18.0 Å². The van der Waals surface area contributed by atoms with Gasteiger partial charge in [-0.2, -0.15) is 5.10 Å². The molecule has 1 N–H and O–H groups in total. The Balaban J connectivity index is 1.65. The standard InChI is InChI=1S/C13H23N3O/c1-13(4-7-17-8-5-13)11-14-6-3-12-9-15-16(2)10-12/h9-10,14H,3-8,11H2,1-2H3. The predicted octanol–water partition coefficient (Wildman–Crippen LogP) is 1.37. The second-order valence-electron chi connectivity index (χ2n) is 5.37. The van der Waals surface area contributed by atoms with E-state index in [9.17, 15) is 0 Å². The first-order valence-corrected chi connectivity index (χ1v) is 6.44. The molecule has 0 saturated carbocycles. The summed E-state index contributed by atoms with van der Waals surface area (Å²) in [6.45, 7) is 6.31. The Bertz CT molecular complexity index is 342. The zero-order valence-electron chi connectivity index (χ0n) is 10.9. The number of rotatable bonds is 5. The molecule has 1 aliphatic rings. The number of nitrogens with zero attached hydrogens (tertiary/aromatic N) is 2. The van der Waals surface area contributed by atoms with Crippen LogP contribution in [0.1, 0.15) is 25.3 Å². The summed E-state index contributed by atoms with van der Waals surface area (Å²) in [6.07, 6.45) is 7.43. The Morgan fingerprint density at radius 3 is 2.88 bits per heavy atom. The van der Waals surface area contributed by atoms with Gasteiger partial charge in [-0.05, 0) is 36.8 Å². The summed E-state index contributed by atoms with van der Waals surface area (Å²) in [6, 6.07) is 0. The largest absolute Gasteiger partial charge is 0.381 e. The number of ether oxygens (including phenoxy) is 1. The highest BCUT2D eigenvalue weighted by Gasteiger charge is 2.26. The molecule has 0 aromatic carbocycles. The number of hydrogen-bond donors (Lipinski definition) is 1. The lowest BCUT2D eigenvalue weighted by molar-refractivity contribution is 0.0242. The van der Waals surface area contributed by atoms with Crippen molar-refractivity contribution in [3.8, 4) is 0 Å². The molecule has 1 saturated heterocycles. The second kappa shape index (κ2) is 5.65. The normalized spacial score (nSPS) is 19.4. The highest BCUT2D eigenvalue weighted by atomic mass is 16.5. The lowest BCUT2D eigenvalue weighted by Gasteiger charge is -2.33. The van der Waals surface area contributed by atoms with Crippen LogP contribution in [-0.2, 0) is 18.2 Å². The fourth-order valence-corrected chi connectivity index (χ4v) is 2.26. The first kappa shape index (κ1) is 12.6. The maximum atomic E-state index is 5.40. The molecule has 1 aromatic heterocycles. The Hall–Kier alpha value is -0.870. The zero-order chi connectivity index (χ0) is 12.1. The fourth-order valence-electron chi connectivity index (χ4n) is 2.26. The average Bonchev–Trinajstić information content (AvgIpc) is 2.72. The van der Waals surface area contributed by atoms with Gasteiger partial charge in [-0.1, -0.05) is 6.92 Å². The third-order valence-corrected chi connectivity index (χ3v) is 3.60. The van der Waals surface area contributed by atoms with E-state index in [1.54, 1.807) is 0 Å². The quantitative estimate of drug-likeness (QED) is 0.786. The molecule has 1 aromatic rings. The van der Waals surface area contributed by atoms with Gasteiger partial charge in [0.05, 0.1) is 6.20 Å². The minimum absolute atomic E-state index is 0.424. The van der Waals surface area contributed by atoms with Crippen molar-refractivity contribution in [2.24, 2.45) is 12.5 Å². The summed E-state index contributed by atoms with van der Waals surface area (Å²) in [5.41, 5.74) is 1.73. The number of aromatic nitrogens is 2. The Morgan fingerprint density at radius 1 is 1.47 bits per heavy atom. The lowest BCUT2D eigenvalue weighted by Crippen LogP contribution is -2.37. The molecule has 4 nitrogen and oxygen atoms in total. The summed E-state index contributed by atoms with van der Waals surface area (Å²) in [5, 5.41) is 7.73. The van der Waals surface area contributed by atoms with Crippen LogP contribution < -0.4 is 5.32 Å². The molecule has 4 heteroatoms. The molecule has 0 amide bonds. The average molecular weight is 237 g/mol. The predicted molar refractivity (Wildman–Crippen MR) is 67.9 cm³/mol. The van der Waals surface area contributed by atoms with Crippen molar-refractivity contribution in [2.75, 3.05) is 26.3 Å². The van der Waals surface area contributed by atoms with Crippen LogP contribution in [0.5, 0.6) is 0 Å².